The molecule has 1 rings (SSSR count). The summed E-state index contributed by atoms with van der Waals surface area (Å²) < 4.78 is 5.24. The maximum atomic E-state index is 6.32. The molecule has 0 bridgehead atoms. The number of nitrogens with one attached hydrogen (secondary N) is 1. The van der Waals surface area contributed by atoms with Gasteiger partial charge in [0.2, 0.25) is 0 Å². The van der Waals surface area contributed by atoms with Gasteiger partial charge in [-0.05, 0) is 63.6 Å². The molecule has 120 valence electrons. The predicted octanol–water partition coefficient (Wildman–Crippen LogP) is 4.56. The van der Waals surface area contributed by atoms with E-state index in [1.165, 1.54) is 5.56 Å². The van der Waals surface area contributed by atoms with E-state index in [-0.39, 0.29) is 5.54 Å². The van der Waals surface area contributed by atoms with Gasteiger partial charge in [0, 0.05) is 24.3 Å². The second-order valence-electron chi connectivity index (χ2n) is 6.95. The normalized spacial score (nSPS) is 15.0. The summed E-state index contributed by atoms with van der Waals surface area (Å²) in [5.74, 6) is 1.15. The van der Waals surface area contributed by atoms with Gasteiger partial charge in [-0.2, -0.15) is 0 Å². The van der Waals surface area contributed by atoms with Gasteiger partial charge in [0.25, 0.3) is 0 Å². The van der Waals surface area contributed by atoms with Gasteiger partial charge in [-0.15, -0.1) is 0 Å². The van der Waals surface area contributed by atoms with Crippen molar-refractivity contribution in [1.29, 1.82) is 0 Å². The first-order valence-electron chi connectivity index (χ1n) is 7.81. The molecule has 0 aromatic heterocycles. The van der Waals surface area contributed by atoms with Crippen LogP contribution in [0.25, 0.3) is 0 Å². The van der Waals surface area contributed by atoms with E-state index in [2.05, 4.69) is 45.1 Å². The predicted molar refractivity (Wildman–Crippen MR) is 92.1 cm³/mol. The van der Waals surface area contributed by atoms with Crippen LogP contribution in [0.2, 0.25) is 5.02 Å². The van der Waals surface area contributed by atoms with Gasteiger partial charge in [0.1, 0.15) is 0 Å². The Bertz CT molecular complexity index is 414. The first-order valence-corrected chi connectivity index (χ1v) is 8.18. The van der Waals surface area contributed by atoms with Crippen molar-refractivity contribution in [3.8, 4) is 0 Å². The van der Waals surface area contributed by atoms with Crippen molar-refractivity contribution in [2.75, 3.05) is 20.3 Å². The van der Waals surface area contributed by atoms with Crippen LogP contribution in [0.1, 0.15) is 39.7 Å². The Kier molecular flexibility index (Phi) is 7.72. The number of ether oxygens (including phenoxy) is 1. The smallest absolute Gasteiger partial charge is 0.0464 e. The Labute approximate surface area is 135 Å². The number of rotatable bonds is 8. The van der Waals surface area contributed by atoms with E-state index in [1.54, 1.807) is 7.11 Å². The van der Waals surface area contributed by atoms with E-state index >= 15 is 0 Å². The van der Waals surface area contributed by atoms with Gasteiger partial charge < -0.3 is 10.1 Å². The highest BCUT2D eigenvalue weighted by atomic mass is 35.5. The zero-order valence-electron chi connectivity index (χ0n) is 14.1. The molecule has 0 amide bonds. The van der Waals surface area contributed by atoms with E-state index in [0.717, 1.165) is 31.0 Å². The van der Waals surface area contributed by atoms with Gasteiger partial charge in [0.15, 0.2) is 0 Å². The maximum absolute atomic E-state index is 6.32. The second-order valence-corrected chi connectivity index (χ2v) is 7.35. The van der Waals surface area contributed by atoms with E-state index in [9.17, 15) is 0 Å². The van der Waals surface area contributed by atoms with Crippen LogP contribution in [0, 0.1) is 11.8 Å². The summed E-state index contributed by atoms with van der Waals surface area (Å²) in [5, 5.41) is 4.51. The molecule has 0 fully saturated rings. The number of methoxy groups -OCH3 is 1. The number of benzene rings is 1. The quantitative estimate of drug-likeness (QED) is 0.760. The van der Waals surface area contributed by atoms with Crippen molar-refractivity contribution < 1.29 is 4.74 Å². The molecular formula is C18H30ClNO. The van der Waals surface area contributed by atoms with Crippen molar-refractivity contribution in [2.24, 2.45) is 11.8 Å². The first-order chi connectivity index (χ1) is 9.83. The monoisotopic (exact) mass is 311 g/mol. The molecule has 0 spiro atoms. The topological polar surface area (TPSA) is 21.3 Å². The van der Waals surface area contributed by atoms with Gasteiger partial charge in [-0.3, -0.25) is 0 Å². The van der Waals surface area contributed by atoms with Crippen LogP contribution in [0.15, 0.2) is 24.3 Å². The molecule has 21 heavy (non-hydrogen) atoms. The van der Waals surface area contributed by atoms with E-state index in [4.69, 9.17) is 16.3 Å². The van der Waals surface area contributed by atoms with Crippen LogP contribution in [-0.4, -0.2) is 25.8 Å². The number of hydrogen-bond acceptors (Lipinski definition) is 2. The Balaban J connectivity index is 2.73. The summed E-state index contributed by atoms with van der Waals surface area (Å²) in [6.45, 7) is 10.7. The van der Waals surface area contributed by atoms with Crippen molar-refractivity contribution >= 4 is 11.6 Å². The lowest BCUT2D eigenvalue weighted by Crippen LogP contribution is -2.41. The highest BCUT2D eigenvalue weighted by Gasteiger charge is 2.21. The molecular weight excluding hydrogens is 282 g/mol. The number of halogens is 1. The zero-order valence-corrected chi connectivity index (χ0v) is 14.8. The highest BCUT2D eigenvalue weighted by Crippen LogP contribution is 2.25. The standard InChI is InChI=1S/C18H30ClNO/c1-14(10-11-21-5)16(13-20-18(2,3)4)12-15-8-6-7-9-17(15)19/h6-9,14,16,20H,10-13H2,1-5H3. The van der Waals surface area contributed by atoms with Crippen molar-refractivity contribution in [2.45, 2.75) is 46.1 Å². The molecule has 1 aromatic rings. The lowest BCUT2D eigenvalue weighted by Gasteiger charge is -2.29. The Morgan fingerprint density at radius 3 is 2.48 bits per heavy atom. The van der Waals surface area contributed by atoms with Crippen LogP contribution in [0.4, 0.5) is 0 Å². The summed E-state index contributed by atoms with van der Waals surface area (Å²) >= 11 is 6.32. The summed E-state index contributed by atoms with van der Waals surface area (Å²) in [7, 11) is 1.77. The van der Waals surface area contributed by atoms with E-state index in [1.807, 2.05) is 12.1 Å². The molecule has 0 aliphatic rings. The summed E-state index contributed by atoms with van der Waals surface area (Å²) in [6.07, 6.45) is 2.09. The molecule has 0 aliphatic heterocycles. The average molecular weight is 312 g/mol. The molecule has 1 aromatic carbocycles. The lowest BCUT2D eigenvalue weighted by atomic mass is 9.85. The molecule has 0 radical (unpaired) electrons. The first kappa shape index (κ1) is 18.5. The molecule has 0 saturated heterocycles. The highest BCUT2D eigenvalue weighted by molar-refractivity contribution is 6.31. The molecule has 0 heterocycles. The zero-order chi connectivity index (χ0) is 15.9. The minimum absolute atomic E-state index is 0.139. The van der Waals surface area contributed by atoms with E-state index < -0.39 is 0 Å². The van der Waals surface area contributed by atoms with E-state index in [0.29, 0.717) is 11.8 Å². The van der Waals surface area contributed by atoms with Crippen LogP contribution >= 0.6 is 11.6 Å². The van der Waals surface area contributed by atoms with Gasteiger partial charge in [-0.1, -0.05) is 36.7 Å². The third-order valence-corrected chi connectivity index (χ3v) is 4.29. The van der Waals surface area contributed by atoms with Crippen molar-refractivity contribution in [1.82, 2.24) is 5.32 Å². The average Bonchev–Trinajstić information content (AvgIpc) is 2.41. The lowest BCUT2D eigenvalue weighted by molar-refractivity contribution is 0.161. The fourth-order valence-electron chi connectivity index (χ4n) is 2.40. The molecule has 0 saturated carbocycles. The van der Waals surface area contributed by atoms with Crippen molar-refractivity contribution in [3.63, 3.8) is 0 Å². The van der Waals surface area contributed by atoms with Crippen LogP contribution < -0.4 is 5.32 Å². The molecule has 0 aliphatic carbocycles. The molecule has 2 nitrogen and oxygen atoms in total. The Morgan fingerprint density at radius 2 is 1.90 bits per heavy atom. The number of hydrogen-bond donors (Lipinski definition) is 1. The Hall–Kier alpha value is -0.570. The summed E-state index contributed by atoms with van der Waals surface area (Å²) in [5.41, 5.74) is 1.38. The van der Waals surface area contributed by atoms with Crippen LogP contribution in [0.3, 0.4) is 0 Å². The van der Waals surface area contributed by atoms with Gasteiger partial charge in [0.05, 0.1) is 0 Å². The van der Waals surface area contributed by atoms with Gasteiger partial charge >= 0.3 is 0 Å². The maximum Gasteiger partial charge on any atom is 0.0464 e. The minimum Gasteiger partial charge on any atom is -0.385 e. The second kappa shape index (κ2) is 8.77. The summed E-state index contributed by atoms with van der Waals surface area (Å²) in [6, 6.07) is 8.16. The van der Waals surface area contributed by atoms with Crippen LogP contribution in [0.5, 0.6) is 0 Å². The molecule has 2 atom stereocenters. The molecule has 2 unspecified atom stereocenters. The third-order valence-electron chi connectivity index (χ3n) is 3.92. The minimum atomic E-state index is 0.139. The fourth-order valence-corrected chi connectivity index (χ4v) is 2.61. The van der Waals surface area contributed by atoms with Gasteiger partial charge in [-0.25, -0.2) is 0 Å². The Morgan fingerprint density at radius 1 is 1.24 bits per heavy atom. The third kappa shape index (κ3) is 7.30. The molecule has 3 heteroatoms. The summed E-state index contributed by atoms with van der Waals surface area (Å²) in [4.78, 5) is 0. The largest absolute Gasteiger partial charge is 0.385 e. The van der Waals surface area contributed by atoms with Crippen molar-refractivity contribution in [3.05, 3.63) is 34.9 Å². The fraction of sp³-hybridized carbons (Fsp3) is 0.667. The van der Waals surface area contributed by atoms with Crippen LogP contribution in [-0.2, 0) is 11.2 Å². The SMILES string of the molecule is COCCC(C)C(CNC(C)(C)C)Cc1ccccc1Cl. The molecule has 1 N–H and O–H groups in total.